The Kier molecular flexibility index (Phi) is 3.93. The van der Waals surface area contributed by atoms with Crippen molar-refractivity contribution in [1.82, 2.24) is 9.97 Å². The number of ether oxygens (including phenoxy) is 1. The lowest BCUT2D eigenvalue weighted by Crippen LogP contribution is -2.10. The molecule has 0 fully saturated rings. The lowest BCUT2D eigenvalue weighted by atomic mass is 9.87. The number of aryl methyl sites for hydroxylation is 1. The fraction of sp³-hybridized carbons (Fsp3) is 0.375. The van der Waals surface area contributed by atoms with Crippen LogP contribution in [0.15, 0.2) is 30.3 Å². The van der Waals surface area contributed by atoms with Crippen LogP contribution in [0.25, 0.3) is 0 Å². The Morgan fingerprint density at radius 3 is 2.55 bits per heavy atom. The first-order valence-corrected chi connectivity index (χ1v) is 6.80. The molecule has 0 bridgehead atoms. The number of anilines is 1. The van der Waals surface area contributed by atoms with Crippen molar-refractivity contribution in [1.29, 1.82) is 0 Å². The Hall–Kier alpha value is -2.10. The molecule has 1 aromatic carbocycles. The van der Waals surface area contributed by atoms with Gasteiger partial charge >= 0.3 is 0 Å². The van der Waals surface area contributed by atoms with Gasteiger partial charge in [0, 0.05) is 12.5 Å². The summed E-state index contributed by atoms with van der Waals surface area (Å²) in [5.41, 5.74) is 7.05. The fourth-order valence-corrected chi connectivity index (χ4v) is 1.85. The summed E-state index contributed by atoms with van der Waals surface area (Å²) >= 11 is 0. The standard InChI is InChI=1S/C16H21N3O/c1-5-14-18-13(17)10-15(19-14)20-12-8-6-7-11(9-12)16(2,3)4/h6-10H,5H2,1-4H3,(H2,17,18,19). The quantitative estimate of drug-likeness (QED) is 0.924. The van der Waals surface area contributed by atoms with Crippen molar-refractivity contribution in [2.24, 2.45) is 0 Å². The van der Waals surface area contributed by atoms with Crippen LogP contribution in [0.1, 0.15) is 39.1 Å². The molecule has 2 N–H and O–H groups in total. The third-order valence-electron chi connectivity index (χ3n) is 3.01. The molecule has 0 aliphatic carbocycles. The third-order valence-corrected chi connectivity index (χ3v) is 3.01. The normalized spacial score (nSPS) is 11.4. The lowest BCUT2D eigenvalue weighted by Gasteiger charge is -2.19. The van der Waals surface area contributed by atoms with Crippen LogP contribution in [-0.2, 0) is 11.8 Å². The van der Waals surface area contributed by atoms with Crippen molar-refractivity contribution in [3.8, 4) is 11.6 Å². The Balaban J connectivity index is 2.28. The van der Waals surface area contributed by atoms with Gasteiger partial charge in [-0.15, -0.1) is 0 Å². The Labute approximate surface area is 120 Å². The van der Waals surface area contributed by atoms with Crippen molar-refractivity contribution in [3.05, 3.63) is 41.7 Å². The summed E-state index contributed by atoms with van der Waals surface area (Å²) in [4.78, 5) is 8.46. The highest BCUT2D eigenvalue weighted by molar-refractivity contribution is 5.38. The zero-order valence-electron chi connectivity index (χ0n) is 12.5. The van der Waals surface area contributed by atoms with E-state index < -0.39 is 0 Å². The molecule has 0 saturated heterocycles. The van der Waals surface area contributed by atoms with Crippen LogP contribution < -0.4 is 10.5 Å². The second kappa shape index (κ2) is 5.49. The zero-order valence-corrected chi connectivity index (χ0v) is 12.5. The molecule has 0 unspecified atom stereocenters. The minimum atomic E-state index is 0.0820. The van der Waals surface area contributed by atoms with E-state index in [1.807, 2.05) is 25.1 Å². The van der Waals surface area contributed by atoms with Crippen molar-refractivity contribution >= 4 is 5.82 Å². The highest BCUT2D eigenvalue weighted by Gasteiger charge is 2.14. The fourth-order valence-electron chi connectivity index (χ4n) is 1.85. The van der Waals surface area contributed by atoms with Crippen molar-refractivity contribution in [2.45, 2.75) is 39.5 Å². The number of nitrogens with two attached hydrogens (primary N) is 1. The van der Waals surface area contributed by atoms with Gasteiger partial charge in [-0.25, -0.2) is 4.98 Å². The van der Waals surface area contributed by atoms with Gasteiger partial charge in [-0.2, -0.15) is 4.98 Å². The minimum absolute atomic E-state index is 0.0820. The van der Waals surface area contributed by atoms with Crippen LogP contribution in [0.4, 0.5) is 5.82 Å². The van der Waals surface area contributed by atoms with E-state index in [0.717, 1.165) is 12.2 Å². The molecular formula is C16H21N3O. The second-order valence-electron chi connectivity index (χ2n) is 5.78. The van der Waals surface area contributed by atoms with Gasteiger partial charge in [-0.3, -0.25) is 0 Å². The number of hydrogen-bond acceptors (Lipinski definition) is 4. The van der Waals surface area contributed by atoms with Crippen LogP contribution in [-0.4, -0.2) is 9.97 Å². The van der Waals surface area contributed by atoms with E-state index >= 15 is 0 Å². The molecule has 0 amide bonds. The van der Waals surface area contributed by atoms with Gasteiger partial charge in [-0.1, -0.05) is 39.8 Å². The number of nitrogens with zero attached hydrogens (tertiary/aromatic N) is 2. The van der Waals surface area contributed by atoms with E-state index in [4.69, 9.17) is 10.5 Å². The maximum atomic E-state index is 5.81. The topological polar surface area (TPSA) is 61.0 Å². The van der Waals surface area contributed by atoms with Gasteiger partial charge < -0.3 is 10.5 Å². The molecule has 4 heteroatoms. The first kappa shape index (κ1) is 14.3. The van der Waals surface area contributed by atoms with E-state index in [2.05, 4.69) is 36.8 Å². The second-order valence-corrected chi connectivity index (χ2v) is 5.78. The average Bonchev–Trinajstić information content (AvgIpc) is 2.37. The first-order chi connectivity index (χ1) is 9.38. The van der Waals surface area contributed by atoms with Crippen LogP contribution in [0.2, 0.25) is 0 Å². The molecule has 2 rings (SSSR count). The van der Waals surface area contributed by atoms with Gasteiger partial charge in [0.05, 0.1) is 0 Å². The van der Waals surface area contributed by atoms with E-state index in [0.29, 0.717) is 17.5 Å². The molecule has 1 heterocycles. The predicted molar refractivity (Wildman–Crippen MR) is 81.0 cm³/mol. The van der Waals surface area contributed by atoms with Crippen LogP contribution in [0.5, 0.6) is 11.6 Å². The molecule has 1 aromatic heterocycles. The molecule has 20 heavy (non-hydrogen) atoms. The van der Waals surface area contributed by atoms with E-state index in [1.54, 1.807) is 6.07 Å². The maximum Gasteiger partial charge on any atom is 0.224 e. The summed E-state index contributed by atoms with van der Waals surface area (Å²) < 4.78 is 5.81. The Morgan fingerprint density at radius 2 is 1.90 bits per heavy atom. The van der Waals surface area contributed by atoms with Gasteiger partial charge in [0.1, 0.15) is 17.4 Å². The number of aromatic nitrogens is 2. The first-order valence-electron chi connectivity index (χ1n) is 6.80. The largest absolute Gasteiger partial charge is 0.439 e. The number of rotatable bonds is 3. The van der Waals surface area contributed by atoms with Gasteiger partial charge in [0.15, 0.2) is 0 Å². The summed E-state index contributed by atoms with van der Waals surface area (Å²) in [5.74, 6) is 2.36. The highest BCUT2D eigenvalue weighted by atomic mass is 16.5. The zero-order chi connectivity index (χ0) is 14.8. The van der Waals surface area contributed by atoms with Crippen molar-refractivity contribution in [3.63, 3.8) is 0 Å². The minimum Gasteiger partial charge on any atom is -0.439 e. The third kappa shape index (κ3) is 3.47. The number of nitrogen functional groups attached to an aromatic ring is 1. The van der Waals surface area contributed by atoms with Crippen LogP contribution >= 0.6 is 0 Å². The van der Waals surface area contributed by atoms with E-state index in [1.165, 1.54) is 5.56 Å². The molecule has 106 valence electrons. The van der Waals surface area contributed by atoms with E-state index in [9.17, 15) is 0 Å². The summed E-state index contributed by atoms with van der Waals surface area (Å²) in [5, 5.41) is 0. The summed E-state index contributed by atoms with van der Waals surface area (Å²) in [6.07, 6.45) is 0.726. The van der Waals surface area contributed by atoms with Crippen molar-refractivity contribution < 1.29 is 4.74 Å². The average molecular weight is 271 g/mol. The van der Waals surface area contributed by atoms with Gasteiger partial charge in [0.25, 0.3) is 0 Å². The van der Waals surface area contributed by atoms with E-state index in [-0.39, 0.29) is 5.41 Å². The summed E-state index contributed by atoms with van der Waals surface area (Å²) in [6.45, 7) is 8.50. The smallest absolute Gasteiger partial charge is 0.224 e. The molecule has 0 aliphatic heterocycles. The van der Waals surface area contributed by atoms with Crippen LogP contribution in [0, 0.1) is 0 Å². The van der Waals surface area contributed by atoms with Crippen LogP contribution in [0.3, 0.4) is 0 Å². The lowest BCUT2D eigenvalue weighted by molar-refractivity contribution is 0.456. The van der Waals surface area contributed by atoms with Crippen molar-refractivity contribution in [2.75, 3.05) is 5.73 Å². The Bertz CT molecular complexity index is 603. The maximum absolute atomic E-state index is 5.81. The van der Waals surface area contributed by atoms with Gasteiger partial charge in [0.2, 0.25) is 5.88 Å². The monoisotopic (exact) mass is 271 g/mol. The molecule has 0 saturated carbocycles. The molecule has 0 atom stereocenters. The Morgan fingerprint density at radius 1 is 1.15 bits per heavy atom. The predicted octanol–water partition coefficient (Wildman–Crippen LogP) is 3.71. The highest BCUT2D eigenvalue weighted by Crippen LogP contribution is 2.28. The molecule has 0 radical (unpaired) electrons. The molecule has 0 spiro atoms. The number of benzene rings is 1. The SMILES string of the molecule is CCc1nc(N)cc(Oc2cccc(C(C)(C)C)c2)n1. The molecule has 4 nitrogen and oxygen atoms in total. The van der Waals surface area contributed by atoms with Gasteiger partial charge in [-0.05, 0) is 23.1 Å². The molecule has 2 aromatic rings. The number of hydrogen-bond donors (Lipinski definition) is 1. The summed E-state index contributed by atoms with van der Waals surface area (Å²) in [7, 11) is 0. The molecular weight excluding hydrogens is 250 g/mol. The summed E-state index contributed by atoms with van der Waals surface area (Å²) in [6, 6.07) is 9.67. The molecule has 0 aliphatic rings.